The number of rotatable bonds is 4. The van der Waals surface area contributed by atoms with Gasteiger partial charge in [0.2, 0.25) is 0 Å². The summed E-state index contributed by atoms with van der Waals surface area (Å²) >= 11 is 0. The Bertz CT molecular complexity index is 299. The van der Waals surface area contributed by atoms with E-state index in [2.05, 4.69) is 29.1 Å². The van der Waals surface area contributed by atoms with Crippen LogP contribution in [0.15, 0.2) is 12.3 Å². The highest BCUT2D eigenvalue weighted by molar-refractivity contribution is 5.35. The molecule has 1 aromatic heterocycles. The first-order valence-electron chi connectivity index (χ1n) is 4.60. The molecule has 78 valence electrons. The second-order valence-corrected chi connectivity index (χ2v) is 3.93. The molecule has 0 aromatic carbocycles. The Labute approximate surface area is 84.7 Å². The molecule has 0 aliphatic rings. The third-order valence-corrected chi connectivity index (χ3v) is 1.75. The molecule has 14 heavy (non-hydrogen) atoms. The Morgan fingerprint density at radius 3 is 2.79 bits per heavy atom. The number of methoxy groups -OCH3 is 1. The summed E-state index contributed by atoms with van der Waals surface area (Å²) < 4.78 is 5.10. The maximum absolute atomic E-state index is 5.10. The van der Waals surface area contributed by atoms with Crippen LogP contribution in [0, 0.1) is 6.92 Å². The number of hydrogen-bond donors (Lipinski definition) is 1. The van der Waals surface area contributed by atoms with Crippen LogP contribution in [0.2, 0.25) is 0 Å². The van der Waals surface area contributed by atoms with Gasteiger partial charge >= 0.3 is 0 Å². The topological polar surface area (TPSA) is 47.0 Å². The zero-order chi connectivity index (χ0) is 10.6. The minimum Gasteiger partial charge on any atom is -0.382 e. The minimum absolute atomic E-state index is 0.116. The normalized spacial score (nSPS) is 11.4. The molecule has 1 aromatic rings. The zero-order valence-electron chi connectivity index (χ0n) is 9.16. The van der Waals surface area contributed by atoms with E-state index in [1.165, 1.54) is 0 Å². The lowest BCUT2D eigenvalue weighted by Crippen LogP contribution is -2.36. The highest BCUT2D eigenvalue weighted by Crippen LogP contribution is 2.12. The van der Waals surface area contributed by atoms with E-state index in [9.17, 15) is 0 Å². The fourth-order valence-corrected chi connectivity index (χ4v) is 1.27. The van der Waals surface area contributed by atoms with Gasteiger partial charge in [0.25, 0.3) is 0 Å². The van der Waals surface area contributed by atoms with Gasteiger partial charge in [0.1, 0.15) is 11.6 Å². The largest absolute Gasteiger partial charge is 0.382 e. The van der Waals surface area contributed by atoms with Crippen molar-refractivity contribution in [1.29, 1.82) is 0 Å². The summed E-state index contributed by atoms with van der Waals surface area (Å²) in [6.45, 7) is 6.63. The number of anilines is 1. The molecule has 0 fully saturated rings. The van der Waals surface area contributed by atoms with Crippen LogP contribution in [0.1, 0.15) is 19.7 Å². The van der Waals surface area contributed by atoms with E-state index >= 15 is 0 Å². The highest BCUT2D eigenvalue weighted by Gasteiger charge is 2.17. The number of nitrogens with one attached hydrogen (secondary N) is 1. The summed E-state index contributed by atoms with van der Waals surface area (Å²) in [6, 6.07) is 1.85. The van der Waals surface area contributed by atoms with Crippen molar-refractivity contribution in [3.63, 3.8) is 0 Å². The van der Waals surface area contributed by atoms with E-state index in [0.29, 0.717) is 6.61 Å². The fraction of sp³-hybridized carbons (Fsp3) is 0.600. The van der Waals surface area contributed by atoms with Crippen molar-refractivity contribution in [3.8, 4) is 0 Å². The van der Waals surface area contributed by atoms with Gasteiger partial charge in [0, 0.05) is 13.3 Å². The standard InChI is InChI=1S/C10H17N3O/c1-8-11-6-5-9(12-8)13-10(2,3)7-14-4/h5-6H,7H2,1-4H3,(H,11,12,13). The first-order valence-corrected chi connectivity index (χ1v) is 4.60. The van der Waals surface area contributed by atoms with Gasteiger partial charge in [-0.15, -0.1) is 0 Å². The molecule has 1 N–H and O–H groups in total. The van der Waals surface area contributed by atoms with Gasteiger partial charge < -0.3 is 10.1 Å². The van der Waals surface area contributed by atoms with Gasteiger partial charge in [-0.05, 0) is 26.8 Å². The van der Waals surface area contributed by atoms with Crippen LogP contribution in [0.5, 0.6) is 0 Å². The maximum atomic E-state index is 5.10. The van der Waals surface area contributed by atoms with E-state index in [1.807, 2.05) is 13.0 Å². The third kappa shape index (κ3) is 3.30. The molecule has 4 heteroatoms. The molecule has 1 rings (SSSR count). The lowest BCUT2D eigenvalue weighted by atomic mass is 10.1. The van der Waals surface area contributed by atoms with Gasteiger partial charge in [-0.25, -0.2) is 9.97 Å². The number of aromatic nitrogens is 2. The molecule has 0 amide bonds. The first-order chi connectivity index (χ1) is 6.53. The smallest absolute Gasteiger partial charge is 0.130 e. The van der Waals surface area contributed by atoms with Gasteiger partial charge in [-0.1, -0.05) is 0 Å². The van der Waals surface area contributed by atoms with E-state index in [1.54, 1.807) is 13.3 Å². The predicted octanol–water partition coefficient (Wildman–Crippen LogP) is 1.62. The van der Waals surface area contributed by atoms with Crippen LogP contribution >= 0.6 is 0 Å². The number of ether oxygens (including phenoxy) is 1. The molecule has 0 bridgehead atoms. The molecular weight excluding hydrogens is 178 g/mol. The zero-order valence-corrected chi connectivity index (χ0v) is 9.16. The number of nitrogens with zero attached hydrogens (tertiary/aromatic N) is 2. The average molecular weight is 195 g/mol. The maximum Gasteiger partial charge on any atom is 0.130 e. The van der Waals surface area contributed by atoms with Crippen molar-refractivity contribution >= 4 is 5.82 Å². The molecule has 1 heterocycles. The lowest BCUT2D eigenvalue weighted by molar-refractivity contribution is 0.158. The predicted molar refractivity (Wildman–Crippen MR) is 56.3 cm³/mol. The van der Waals surface area contributed by atoms with Crippen LogP contribution in [0.3, 0.4) is 0 Å². The molecular formula is C10H17N3O. The Morgan fingerprint density at radius 2 is 2.21 bits per heavy atom. The average Bonchev–Trinajstić information content (AvgIpc) is 2.02. The quantitative estimate of drug-likeness (QED) is 0.793. The monoisotopic (exact) mass is 195 g/mol. The van der Waals surface area contributed by atoms with E-state index in [0.717, 1.165) is 11.6 Å². The second-order valence-electron chi connectivity index (χ2n) is 3.93. The Balaban J connectivity index is 2.68. The van der Waals surface area contributed by atoms with Crippen molar-refractivity contribution < 1.29 is 4.74 Å². The second kappa shape index (κ2) is 4.37. The van der Waals surface area contributed by atoms with Crippen molar-refractivity contribution in [2.45, 2.75) is 26.3 Å². The molecule has 0 aliphatic carbocycles. The number of aryl methyl sites for hydroxylation is 1. The fourth-order valence-electron chi connectivity index (χ4n) is 1.27. The Kier molecular flexibility index (Phi) is 3.41. The summed E-state index contributed by atoms with van der Waals surface area (Å²) in [4.78, 5) is 8.30. The Hall–Kier alpha value is -1.16. The molecule has 0 aliphatic heterocycles. The summed E-state index contributed by atoms with van der Waals surface area (Å²) in [5, 5.41) is 3.28. The molecule has 0 saturated heterocycles. The van der Waals surface area contributed by atoms with Crippen molar-refractivity contribution in [3.05, 3.63) is 18.1 Å². The summed E-state index contributed by atoms with van der Waals surface area (Å²) in [5.41, 5.74) is -0.116. The van der Waals surface area contributed by atoms with E-state index in [-0.39, 0.29) is 5.54 Å². The van der Waals surface area contributed by atoms with Crippen LogP contribution in [0.25, 0.3) is 0 Å². The summed E-state index contributed by atoms with van der Waals surface area (Å²) in [5.74, 6) is 1.60. The van der Waals surface area contributed by atoms with Crippen molar-refractivity contribution in [2.75, 3.05) is 19.0 Å². The van der Waals surface area contributed by atoms with Crippen molar-refractivity contribution in [2.24, 2.45) is 0 Å². The molecule has 0 unspecified atom stereocenters. The van der Waals surface area contributed by atoms with Crippen LogP contribution in [-0.4, -0.2) is 29.2 Å². The van der Waals surface area contributed by atoms with Crippen LogP contribution < -0.4 is 5.32 Å². The van der Waals surface area contributed by atoms with Crippen molar-refractivity contribution in [1.82, 2.24) is 9.97 Å². The summed E-state index contributed by atoms with van der Waals surface area (Å²) in [6.07, 6.45) is 1.74. The van der Waals surface area contributed by atoms with Crippen LogP contribution in [0.4, 0.5) is 5.82 Å². The Morgan fingerprint density at radius 1 is 1.50 bits per heavy atom. The van der Waals surface area contributed by atoms with Gasteiger partial charge in [0.05, 0.1) is 12.1 Å². The molecule has 4 nitrogen and oxygen atoms in total. The van der Waals surface area contributed by atoms with E-state index < -0.39 is 0 Å². The van der Waals surface area contributed by atoms with E-state index in [4.69, 9.17) is 4.74 Å². The van der Waals surface area contributed by atoms with Gasteiger partial charge in [0.15, 0.2) is 0 Å². The molecule has 0 saturated carbocycles. The van der Waals surface area contributed by atoms with Gasteiger partial charge in [-0.2, -0.15) is 0 Å². The van der Waals surface area contributed by atoms with Crippen LogP contribution in [-0.2, 0) is 4.74 Å². The SMILES string of the molecule is COCC(C)(C)Nc1ccnc(C)n1. The highest BCUT2D eigenvalue weighted by atomic mass is 16.5. The minimum atomic E-state index is -0.116. The molecule has 0 atom stereocenters. The molecule has 0 radical (unpaired) electrons. The first kappa shape index (κ1) is 10.9. The summed E-state index contributed by atoms with van der Waals surface area (Å²) in [7, 11) is 1.69. The van der Waals surface area contributed by atoms with Gasteiger partial charge in [-0.3, -0.25) is 0 Å². The lowest BCUT2D eigenvalue weighted by Gasteiger charge is -2.25. The molecule has 0 spiro atoms. The number of hydrogen-bond acceptors (Lipinski definition) is 4. The third-order valence-electron chi connectivity index (χ3n) is 1.75.